The molecule has 1 N–H and O–H groups in total. The molecule has 0 atom stereocenters. The summed E-state index contributed by atoms with van der Waals surface area (Å²) in [4.78, 5) is 11.1. The van der Waals surface area contributed by atoms with Gasteiger partial charge in [-0.15, -0.1) is 0 Å². The minimum Gasteiger partial charge on any atom is -0.369 e. The van der Waals surface area contributed by atoms with Gasteiger partial charge in [0.2, 0.25) is 0 Å². The maximum atomic E-state index is 4.45. The van der Waals surface area contributed by atoms with Crippen molar-refractivity contribution in [3.63, 3.8) is 0 Å². The van der Waals surface area contributed by atoms with Gasteiger partial charge < -0.3 is 5.32 Å². The Bertz CT molecular complexity index is 539. The van der Waals surface area contributed by atoms with Gasteiger partial charge in [0.25, 0.3) is 0 Å². The standard InChI is InChI=1S/C16H21BrN4/c1-3-8-18-16-10-19-15(9-20-16)12-21(2)11-13-4-6-14(17)7-5-13/h4-7,9-10H,3,8,11-12H2,1-2H3,(H,18,20). The molecule has 0 radical (unpaired) electrons. The highest BCUT2D eigenvalue weighted by molar-refractivity contribution is 9.10. The third-order valence-corrected chi connectivity index (χ3v) is 3.59. The van der Waals surface area contributed by atoms with Gasteiger partial charge in [-0.05, 0) is 31.2 Å². The zero-order valence-electron chi connectivity index (χ0n) is 12.5. The maximum absolute atomic E-state index is 4.45. The number of hydrogen-bond acceptors (Lipinski definition) is 4. The van der Waals surface area contributed by atoms with E-state index in [1.165, 1.54) is 5.56 Å². The number of nitrogens with zero attached hydrogens (tertiary/aromatic N) is 3. The fraction of sp³-hybridized carbons (Fsp3) is 0.375. The van der Waals surface area contributed by atoms with E-state index < -0.39 is 0 Å². The van der Waals surface area contributed by atoms with Gasteiger partial charge in [0, 0.05) is 24.1 Å². The fourth-order valence-electron chi connectivity index (χ4n) is 2.01. The third kappa shape index (κ3) is 5.44. The molecule has 5 heteroatoms. The van der Waals surface area contributed by atoms with E-state index in [-0.39, 0.29) is 0 Å². The number of aromatic nitrogens is 2. The molecule has 0 aliphatic heterocycles. The molecule has 0 aliphatic carbocycles. The largest absolute Gasteiger partial charge is 0.369 e. The Labute approximate surface area is 134 Å². The Morgan fingerprint density at radius 2 is 1.86 bits per heavy atom. The number of anilines is 1. The highest BCUT2D eigenvalue weighted by Crippen LogP contribution is 2.12. The average Bonchev–Trinajstić information content (AvgIpc) is 2.49. The lowest BCUT2D eigenvalue weighted by atomic mass is 10.2. The predicted molar refractivity (Wildman–Crippen MR) is 90.1 cm³/mol. The van der Waals surface area contributed by atoms with E-state index in [0.717, 1.165) is 42.0 Å². The predicted octanol–water partition coefficient (Wildman–Crippen LogP) is 3.69. The first kappa shape index (κ1) is 15.9. The van der Waals surface area contributed by atoms with Crippen molar-refractivity contribution in [2.75, 3.05) is 18.9 Å². The van der Waals surface area contributed by atoms with E-state index in [2.05, 4.69) is 74.4 Å². The molecule has 0 unspecified atom stereocenters. The first-order valence-electron chi connectivity index (χ1n) is 7.15. The molecule has 0 bridgehead atoms. The van der Waals surface area contributed by atoms with E-state index in [0.29, 0.717) is 0 Å². The average molecular weight is 349 g/mol. The van der Waals surface area contributed by atoms with Crippen LogP contribution in [0.1, 0.15) is 24.6 Å². The monoisotopic (exact) mass is 348 g/mol. The number of hydrogen-bond donors (Lipinski definition) is 1. The minimum atomic E-state index is 0.789. The lowest BCUT2D eigenvalue weighted by Crippen LogP contribution is -2.18. The molecule has 0 spiro atoms. The second-order valence-corrected chi connectivity index (χ2v) is 6.03. The van der Waals surface area contributed by atoms with Crippen LogP contribution in [-0.2, 0) is 13.1 Å². The van der Waals surface area contributed by atoms with Crippen LogP contribution in [0.5, 0.6) is 0 Å². The number of halogens is 1. The highest BCUT2D eigenvalue weighted by atomic mass is 79.9. The van der Waals surface area contributed by atoms with Gasteiger partial charge in [-0.3, -0.25) is 9.88 Å². The van der Waals surface area contributed by atoms with Gasteiger partial charge in [-0.2, -0.15) is 0 Å². The molecule has 4 nitrogen and oxygen atoms in total. The fourth-order valence-corrected chi connectivity index (χ4v) is 2.28. The number of benzene rings is 1. The van der Waals surface area contributed by atoms with Gasteiger partial charge in [0.15, 0.2) is 0 Å². The van der Waals surface area contributed by atoms with Crippen LogP contribution in [-0.4, -0.2) is 28.5 Å². The van der Waals surface area contributed by atoms with Gasteiger partial charge in [0.05, 0.1) is 18.1 Å². The van der Waals surface area contributed by atoms with Crippen LogP contribution >= 0.6 is 15.9 Å². The van der Waals surface area contributed by atoms with Crippen molar-refractivity contribution < 1.29 is 0 Å². The molecule has 1 aromatic carbocycles. The van der Waals surface area contributed by atoms with Crippen molar-refractivity contribution in [2.45, 2.75) is 26.4 Å². The van der Waals surface area contributed by atoms with Crippen LogP contribution in [0.4, 0.5) is 5.82 Å². The minimum absolute atomic E-state index is 0.789. The molecular formula is C16H21BrN4. The first-order chi connectivity index (χ1) is 10.2. The van der Waals surface area contributed by atoms with Crippen molar-refractivity contribution in [1.82, 2.24) is 14.9 Å². The molecule has 2 rings (SSSR count). The Morgan fingerprint density at radius 1 is 1.10 bits per heavy atom. The van der Waals surface area contributed by atoms with Crippen molar-refractivity contribution in [1.29, 1.82) is 0 Å². The molecule has 1 aromatic heterocycles. The molecule has 0 aliphatic rings. The lowest BCUT2D eigenvalue weighted by Gasteiger charge is -2.16. The SMILES string of the molecule is CCCNc1cnc(CN(C)Cc2ccc(Br)cc2)cn1. The maximum Gasteiger partial charge on any atom is 0.144 e. The molecule has 1 heterocycles. The third-order valence-electron chi connectivity index (χ3n) is 3.06. The second kappa shape index (κ2) is 8.10. The van der Waals surface area contributed by atoms with E-state index in [4.69, 9.17) is 0 Å². The summed E-state index contributed by atoms with van der Waals surface area (Å²) in [6, 6.07) is 8.39. The number of nitrogens with one attached hydrogen (secondary N) is 1. The molecule has 112 valence electrons. The first-order valence-corrected chi connectivity index (χ1v) is 7.94. The summed E-state index contributed by atoms with van der Waals surface area (Å²) in [6.07, 6.45) is 4.73. The van der Waals surface area contributed by atoms with Gasteiger partial charge in [-0.25, -0.2) is 4.98 Å². The lowest BCUT2D eigenvalue weighted by molar-refractivity contribution is 0.314. The molecule has 0 fully saturated rings. The summed E-state index contributed by atoms with van der Waals surface area (Å²) in [5.74, 6) is 0.844. The summed E-state index contributed by atoms with van der Waals surface area (Å²) in [5, 5.41) is 3.23. The Kier molecular flexibility index (Phi) is 6.14. The van der Waals surface area contributed by atoms with Crippen LogP contribution in [0.3, 0.4) is 0 Å². The topological polar surface area (TPSA) is 41.1 Å². The van der Waals surface area contributed by atoms with E-state index in [1.54, 1.807) is 6.20 Å². The van der Waals surface area contributed by atoms with Crippen molar-refractivity contribution in [3.05, 3.63) is 52.4 Å². The van der Waals surface area contributed by atoms with Crippen molar-refractivity contribution in [2.24, 2.45) is 0 Å². The van der Waals surface area contributed by atoms with Crippen LogP contribution in [0.2, 0.25) is 0 Å². The van der Waals surface area contributed by atoms with Gasteiger partial charge in [-0.1, -0.05) is 35.0 Å². The molecule has 0 saturated heterocycles. The van der Waals surface area contributed by atoms with Crippen molar-refractivity contribution in [3.8, 4) is 0 Å². The summed E-state index contributed by atoms with van der Waals surface area (Å²) in [6.45, 7) is 4.74. The van der Waals surface area contributed by atoms with Crippen LogP contribution < -0.4 is 5.32 Å². The van der Waals surface area contributed by atoms with Gasteiger partial charge in [0.1, 0.15) is 5.82 Å². The molecule has 21 heavy (non-hydrogen) atoms. The van der Waals surface area contributed by atoms with E-state index >= 15 is 0 Å². The van der Waals surface area contributed by atoms with Crippen molar-refractivity contribution >= 4 is 21.7 Å². The molecule has 0 amide bonds. The Hall–Kier alpha value is -1.46. The highest BCUT2D eigenvalue weighted by Gasteiger charge is 2.04. The second-order valence-electron chi connectivity index (χ2n) is 5.12. The molecule has 2 aromatic rings. The summed E-state index contributed by atoms with van der Waals surface area (Å²) >= 11 is 3.45. The number of rotatable bonds is 7. The zero-order chi connectivity index (χ0) is 15.1. The summed E-state index contributed by atoms with van der Waals surface area (Å²) in [7, 11) is 2.09. The van der Waals surface area contributed by atoms with E-state index in [9.17, 15) is 0 Å². The summed E-state index contributed by atoms with van der Waals surface area (Å²) < 4.78 is 1.11. The normalized spacial score (nSPS) is 10.9. The van der Waals surface area contributed by atoms with Crippen LogP contribution in [0.15, 0.2) is 41.1 Å². The Morgan fingerprint density at radius 3 is 2.48 bits per heavy atom. The smallest absolute Gasteiger partial charge is 0.144 e. The molecule has 0 saturated carbocycles. The quantitative estimate of drug-likeness (QED) is 0.828. The zero-order valence-corrected chi connectivity index (χ0v) is 14.1. The summed E-state index contributed by atoms with van der Waals surface area (Å²) in [5.41, 5.74) is 2.27. The van der Waals surface area contributed by atoms with Crippen LogP contribution in [0.25, 0.3) is 0 Å². The van der Waals surface area contributed by atoms with E-state index in [1.807, 2.05) is 6.20 Å². The molecular weight excluding hydrogens is 328 g/mol. The van der Waals surface area contributed by atoms with Crippen LogP contribution in [0, 0.1) is 0 Å². The van der Waals surface area contributed by atoms with Gasteiger partial charge >= 0.3 is 0 Å². The Balaban J connectivity index is 1.87.